The van der Waals surface area contributed by atoms with E-state index >= 15 is 0 Å². The van der Waals surface area contributed by atoms with Gasteiger partial charge in [0, 0.05) is 10.6 Å². The van der Waals surface area contributed by atoms with E-state index in [4.69, 9.17) is 21.1 Å². The summed E-state index contributed by atoms with van der Waals surface area (Å²) in [6.45, 7) is -1.51. The molecule has 0 aliphatic carbocycles. The molecule has 0 aliphatic heterocycles. The molecule has 0 atom stereocenters. The first kappa shape index (κ1) is 20.3. The first-order valence-corrected chi connectivity index (χ1v) is 8.37. The van der Waals surface area contributed by atoms with Crippen molar-refractivity contribution in [1.82, 2.24) is 15.0 Å². The molecule has 2 aromatic heterocycles. The molecule has 29 heavy (non-hydrogen) atoms. The van der Waals surface area contributed by atoms with E-state index in [9.17, 15) is 18.0 Å². The van der Waals surface area contributed by atoms with Gasteiger partial charge in [-0.1, -0.05) is 23.7 Å². The van der Waals surface area contributed by atoms with Crippen LogP contribution in [0.25, 0.3) is 11.1 Å². The summed E-state index contributed by atoms with van der Waals surface area (Å²) in [5.74, 6) is -0.138. The number of hydrogen-bond acceptors (Lipinski definition) is 6. The van der Waals surface area contributed by atoms with Crippen molar-refractivity contribution in [2.24, 2.45) is 0 Å². The monoisotopic (exact) mass is 424 g/mol. The molecule has 2 heterocycles. The molecule has 0 spiro atoms. The van der Waals surface area contributed by atoms with Crippen LogP contribution in [0.3, 0.4) is 0 Å². The second-order valence-corrected chi connectivity index (χ2v) is 6.01. The Bertz CT molecular complexity index is 986. The Morgan fingerprint density at radius 1 is 1.10 bits per heavy atom. The molecule has 1 N–H and O–H groups in total. The summed E-state index contributed by atoms with van der Waals surface area (Å²) in [4.78, 5) is 23.3. The number of rotatable bonds is 5. The third-order valence-corrected chi connectivity index (χ3v) is 3.62. The Kier molecular flexibility index (Phi) is 6.13. The predicted molar refractivity (Wildman–Crippen MR) is 97.9 cm³/mol. The summed E-state index contributed by atoms with van der Waals surface area (Å²) in [6.07, 6.45) is -0.388. The minimum Gasteiger partial charge on any atom is -0.468 e. The van der Waals surface area contributed by atoms with Crippen molar-refractivity contribution in [1.29, 1.82) is 0 Å². The molecular formula is C18H12ClF3N4O3. The van der Waals surface area contributed by atoms with E-state index in [1.54, 1.807) is 24.3 Å². The number of carbonyl (C=O) groups excluding carboxylic acids is 1. The Morgan fingerprint density at radius 3 is 2.45 bits per heavy atom. The Balaban J connectivity index is 1.84. The highest BCUT2D eigenvalue weighted by atomic mass is 35.5. The summed E-state index contributed by atoms with van der Waals surface area (Å²) in [5.41, 5.74) is 0.899. The summed E-state index contributed by atoms with van der Waals surface area (Å²) in [5, 5.41) is 2.88. The minimum atomic E-state index is -4.53. The molecule has 11 heteroatoms. The standard InChI is InChI=1S/C18H12ClF3N4O3/c19-12-3-1-11(2-4-12)15-5-13(6-25-16(15)28-9-18(20,21)22)26-17(27)29-14-7-23-10-24-8-14/h1-8,10H,9H2,(H,26,27). The van der Waals surface area contributed by atoms with Crippen molar-refractivity contribution in [2.75, 3.05) is 11.9 Å². The molecular weight excluding hydrogens is 413 g/mol. The molecule has 1 aromatic carbocycles. The van der Waals surface area contributed by atoms with E-state index in [2.05, 4.69) is 20.3 Å². The van der Waals surface area contributed by atoms with Crippen molar-refractivity contribution in [2.45, 2.75) is 6.18 Å². The molecule has 3 rings (SSSR count). The van der Waals surface area contributed by atoms with Crippen LogP contribution in [0, 0.1) is 0 Å². The third-order valence-electron chi connectivity index (χ3n) is 3.37. The highest BCUT2D eigenvalue weighted by Gasteiger charge is 2.29. The zero-order valence-electron chi connectivity index (χ0n) is 14.5. The molecule has 150 valence electrons. The van der Waals surface area contributed by atoms with Crippen LogP contribution in [-0.4, -0.2) is 33.8 Å². The normalized spacial score (nSPS) is 11.0. The first-order chi connectivity index (χ1) is 13.8. The Labute approximate surface area is 167 Å². The van der Waals surface area contributed by atoms with Crippen LogP contribution in [0.1, 0.15) is 0 Å². The number of amides is 1. The zero-order chi connectivity index (χ0) is 20.9. The largest absolute Gasteiger partial charge is 0.468 e. The number of nitrogens with one attached hydrogen (secondary N) is 1. The molecule has 3 aromatic rings. The van der Waals surface area contributed by atoms with E-state index in [1.165, 1.54) is 24.8 Å². The Hall–Kier alpha value is -3.40. The molecule has 0 saturated carbocycles. The van der Waals surface area contributed by atoms with Crippen molar-refractivity contribution in [3.05, 3.63) is 60.3 Å². The van der Waals surface area contributed by atoms with Gasteiger partial charge in [0.25, 0.3) is 0 Å². The number of alkyl halides is 3. The second-order valence-electron chi connectivity index (χ2n) is 5.58. The van der Waals surface area contributed by atoms with E-state index in [0.29, 0.717) is 10.6 Å². The predicted octanol–water partition coefficient (Wildman–Crippen LogP) is 4.74. The van der Waals surface area contributed by atoms with Gasteiger partial charge in [0.1, 0.15) is 6.33 Å². The van der Waals surface area contributed by atoms with Crippen molar-refractivity contribution in [3.8, 4) is 22.8 Å². The van der Waals surface area contributed by atoms with Gasteiger partial charge in [0.05, 0.1) is 24.3 Å². The van der Waals surface area contributed by atoms with Gasteiger partial charge in [-0.05, 0) is 23.8 Å². The molecule has 0 saturated heterocycles. The molecule has 0 bridgehead atoms. The smallest absolute Gasteiger partial charge is 0.422 e. The number of carbonyl (C=O) groups is 1. The topological polar surface area (TPSA) is 86.2 Å². The number of pyridine rings is 1. The lowest BCUT2D eigenvalue weighted by molar-refractivity contribution is -0.154. The SMILES string of the molecule is O=C(Nc1cnc(OCC(F)(F)F)c(-c2ccc(Cl)cc2)c1)Oc1cncnc1. The average Bonchev–Trinajstić information content (AvgIpc) is 2.67. The van der Waals surface area contributed by atoms with E-state index in [1.807, 2.05) is 0 Å². The molecule has 7 nitrogen and oxygen atoms in total. The lowest BCUT2D eigenvalue weighted by Gasteiger charge is -2.14. The lowest BCUT2D eigenvalue weighted by Crippen LogP contribution is -2.20. The van der Waals surface area contributed by atoms with E-state index in [0.717, 1.165) is 6.20 Å². The fourth-order valence-electron chi connectivity index (χ4n) is 2.21. The fourth-order valence-corrected chi connectivity index (χ4v) is 2.34. The molecule has 0 fully saturated rings. The maximum Gasteiger partial charge on any atom is 0.422 e. The van der Waals surface area contributed by atoms with Gasteiger partial charge in [0.15, 0.2) is 12.4 Å². The van der Waals surface area contributed by atoms with Gasteiger partial charge in [-0.15, -0.1) is 0 Å². The minimum absolute atomic E-state index is 0.112. The van der Waals surface area contributed by atoms with Crippen LogP contribution in [0.2, 0.25) is 5.02 Å². The van der Waals surface area contributed by atoms with Crippen LogP contribution in [0.5, 0.6) is 11.6 Å². The number of hydrogen-bond donors (Lipinski definition) is 1. The summed E-state index contributed by atoms with van der Waals surface area (Å²) in [7, 11) is 0. The maximum absolute atomic E-state index is 12.5. The number of nitrogens with zero attached hydrogens (tertiary/aromatic N) is 3. The van der Waals surface area contributed by atoms with Crippen molar-refractivity contribution < 1.29 is 27.4 Å². The number of aromatic nitrogens is 3. The van der Waals surface area contributed by atoms with Crippen LogP contribution in [0.4, 0.5) is 23.7 Å². The average molecular weight is 425 g/mol. The fraction of sp³-hybridized carbons (Fsp3) is 0.111. The summed E-state index contributed by atoms with van der Waals surface area (Å²) < 4.78 is 47.4. The molecule has 0 unspecified atom stereocenters. The number of ether oxygens (including phenoxy) is 2. The molecule has 1 amide bonds. The van der Waals surface area contributed by atoms with Crippen LogP contribution >= 0.6 is 11.6 Å². The maximum atomic E-state index is 12.5. The summed E-state index contributed by atoms with van der Waals surface area (Å²) in [6, 6.07) is 7.71. The van der Waals surface area contributed by atoms with E-state index < -0.39 is 18.9 Å². The van der Waals surface area contributed by atoms with Crippen molar-refractivity contribution in [3.63, 3.8) is 0 Å². The van der Waals surface area contributed by atoms with Gasteiger partial charge in [-0.25, -0.2) is 19.7 Å². The summed E-state index contributed by atoms with van der Waals surface area (Å²) >= 11 is 5.86. The van der Waals surface area contributed by atoms with Crippen LogP contribution < -0.4 is 14.8 Å². The quantitative estimate of drug-likeness (QED) is 0.636. The number of anilines is 1. The second kappa shape index (κ2) is 8.74. The van der Waals surface area contributed by atoms with Crippen LogP contribution in [0.15, 0.2) is 55.2 Å². The van der Waals surface area contributed by atoms with Gasteiger partial charge < -0.3 is 9.47 Å². The number of halogens is 4. The van der Waals surface area contributed by atoms with Crippen molar-refractivity contribution >= 4 is 23.4 Å². The highest BCUT2D eigenvalue weighted by molar-refractivity contribution is 6.30. The van der Waals surface area contributed by atoms with Gasteiger partial charge in [-0.3, -0.25) is 5.32 Å². The number of benzene rings is 1. The lowest BCUT2D eigenvalue weighted by atomic mass is 10.1. The first-order valence-electron chi connectivity index (χ1n) is 7.99. The molecule has 0 aliphatic rings. The van der Waals surface area contributed by atoms with Gasteiger partial charge in [0.2, 0.25) is 5.88 Å². The van der Waals surface area contributed by atoms with Crippen LogP contribution in [-0.2, 0) is 0 Å². The van der Waals surface area contributed by atoms with Gasteiger partial charge in [-0.2, -0.15) is 13.2 Å². The zero-order valence-corrected chi connectivity index (χ0v) is 15.2. The Morgan fingerprint density at radius 2 is 1.79 bits per heavy atom. The molecule has 0 radical (unpaired) electrons. The highest BCUT2D eigenvalue weighted by Crippen LogP contribution is 2.32. The van der Waals surface area contributed by atoms with Gasteiger partial charge >= 0.3 is 12.3 Å². The third kappa shape index (κ3) is 6.04. The van der Waals surface area contributed by atoms with E-state index in [-0.39, 0.29) is 22.9 Å².